The molecule has 0 saturated heterocycles. The van der Waals surface area contributed by atoms with Gasteiger partial charge in [0.2, 0.25) is 0 Å². The second-order valence-corrected chi connectivity index (χ2v) is 5.91. The molecule has 2 N–H and O–H groups in total. The Labute approximate surface area is 109 Å². The van der Waals surface area contributed by atoms with E-state index in [1.807, 2.05) is 23.0 Å². The first kappa shape index (κ1) is 14.8. The van der Waals surface area contributed by atoms with Gasteiger partial charge in [0.15, 0.2) is 0 Å². The number of rotatable bonds is 7. The zero-order valence-electron chi connectivity index (χ0n) is 11.7. The Morgan fingerprint density at radius 1 is 1.50 bits per heavy atom. The van der Waals surface area contributed by atoms with Crippen LogP contribution >= 0.6 is 0 Å². The van der Waals surface area contributed by atoms with E-state index in [9.17, 15) is 4.79 Å². The lowest BCUT2D eigenvalue weighted by atomic mass is 9.94. The molecule has 0 aliphatic heterocycles. The predicted molar refractivity (Wildman–Crippen MR) is 72.4 cm³/mol. The van der Waals surface area contributed by atoms with Gasteiger partial charge in [-0.25, -0.2) is 0 Å². The lowest BCUT2D eigenvalue weighted by Crippen LogP contribution is -2.28. The van der Waals surface area contributed by atoms with Crippen molar-refractivity contribution in [1.82, 2.24) is 9.88 Å². The third-order valence-electron chi connectivity index (χ3n) is 2.85. The summed E-state index contributed by atoms with van der Waals surface area (Å²) >= 11 is 0. The summed E-state index contributed by atoms with van der Waals surface area (Å²) in [6.07, 6.45) is 3.95. The Hall–Kier alpha value is -1.29. The normalized spacial score (nSPS) is 12.1. The number of hydrogen-bond donors (Lipinski definition) is 2. The molecule has 1 heterocycles. The van der Waals surface area contributed by atoms with Gasteiger partial charge in [0.25, 0.3) is 0 Å². The van der Waals surface area contributed by atoms with Crippen LogP contribution in [-0.2, 0) is 17.9 Å². The summed E-state index contributed by atoms with van der Waals surface area (Å²) in [7, 11) is 0. The number of carboxylic acid groups (broad SMARTS) is 1. The molecule has 0 radical (unpaired) electrons. The van der Waals surface area contributed by atoms with Crippen LogP contribution in [0.25, 0.3) is 0 Å². The van der Waals surface area contributed by atoms with Crippen molar-refractivity contribution in [2.75, 3.05) is 6.54 Å². The maximum atomic E-state index is 11.1. The zero-order valence-corrected chi connectivity index (χ0v) is 11.7. The van der Waals surface area contributed by atoms with E-state index in [1.165, 1.54) is 5.56 Å². The highest BCUT2D eigenvalue weighted by Crippen LogP contribution is 2.18. The summed E-state index contributed by atoms with van der Waals surface area (Å²) in [6.45, 7) is 10.1. The van der Waals surface area contributed by atoms with Crippen LogP contribution in [0.15, 0.2) is 18.5 Å². The van der Waals surface area contributed by atoms with Gasteiger partial charge in [-0.3, -0.25) is 4.79 Å². The lowest BCUT2D eigenvalue weighted by molar-refractivity contribution is -0.147. The van der Waals surface area contributed by atoms with Crippen molar-refractivity contribution in [3.63, 3.8) is 0 Å². The number of hydrogen-bond acceptors (Lipinski definition) is 2. The summed E-state index contributed by atoms with van der Waals surface area (Å²) in [4.78, 5) is 11.1. The minimum Gasteiger partial charge on any atom is -0.481 e. The van der Waals surface area contributed by atoms with Crippen molar-refractivity contribution in [2.45, 2.75) is 40.8 Å². The number of aromatic nitrogens is 1. The fourth-order valence-corrected chi connectivity index (χ4v) is 1.72. The Balaban J connectivity index is 2.51. The highest BCUT2D eigenvalue weighted by Gasteiger charge is 2.27. The third kappa shape index (κ3) is 4.53. The fourth-order valence-electron chi connectivity index (χ4n) is 1.72. The smallest absolute Gasteiger partial charge is 0.310 e. The molecule has 0 amide bonds. The Bertz CT molecular complexity index is 394. The monoisotopic (exact) mass is 252 g/mol. The first-order valence-corrected chi connectivity index (χ1v) is 6.40. The molecule has 18 heavy (non-hydrogen) atoms. The van der Waals surface area contributed by atoms with Crippen LogP contribution in [0.1, 0.15) is 33.3 Å². The molecule has 0 fully saturated rings. The topological polar surface area (TPSA) is 54.3 Å². The first-order chi connectivity index (χ1) is 8.31. The summed E-state index contributed by atoms with van der Waals surface area (Å²) in [5.41, 5.74) is 0.457. The summed E-state index contributed by atoms with van der Waals surface area (Å²) in [5.74, 6) is -0.131. The van der Waals surface area contributed by atoms with E-state index in [0.717, 1.165) is 13.1 Å². The Morgan fingerprint density at radius 2 is 2.17 bits per heavy atom. The van der Waals surface area contributed by atoms with Gasteiger partial charge in [-0.2, -0.15) is 0 Å². The predicted octanol–water partition coefficient (Wildman–Crippen LogP) is 2.34. The molecule has 0 saturated carbocycles. The standard InChI is InChI=1S/C14H24N2O2/c1-11(2)7-15-8-12-5-6-16(9-12)10-14(3,4)13(17)18/h5-6,9,11,15H,7-8,10H2,1-4H3,(H,17,18). The van der Waals surface area contributed by atoms with E-state index in [4.69, 9.17) is 5.11 Å². The van der Waals surface area contributed by atoms with E-state index < -0.39 is 11.4 Å². The third-order valence-corrected chi connectivity index (χ3v) is 2.85. The van der Waals surface area contributed by atoms with E-state index in [1.54, 1.807) is 13.8 Å². The van der Waals surface area contributed by atoms with Crippen LogP contribution in [0, 0.1) is 11.3 Å². The SMILES string of the molecule is CC(C)CNCc1ccn(CC(C)(C)C(=O)O)c1. The zero-order chi connectivity index (χ0) is 13.8. The minimum atomic E-state index is -0.768. The molecule has 0 bridgehead atoms. The molecule has 0 aliphatic rings. The van der Waals surface area contributed by atoms with Gasteiger partial charge in [0, 0.05) is 25.5 Å². The van der Waals surface area contributed by atoms with Crippen molar-refractivity contribution < 1.29 is 9.90 Å². The average molecular weight is 252 g/mol. The molecule has 0 unspecified atom stereocenters. The van der Waals surface area contributed by atoms with Gasteiger partial charge in [0.1, 0.15) is 0 Å². The second kappa shape index (κ2) is 6.05. The Kier molecular flexibility index (Phi) is 4.96. The van der Waals surface area contributed by atoms with Gasteiger partial charge in [0.05, 0.1) is 5.41 Å². The number of nitrogens with one attached hydrogen (secondary N) is 1. The number of carboxylic acids is 1. The molecule has 4 nitrogen and oxygen atoms in total. The van der Waals surface area contributed by atoms with Gasteiger partial charge < -0.3 is 15.0 Å². The lowest BCUT2D eigenvalue weighted by Gasteiger charge is -2.19. The van der Waals surface area contributed by atoms with Crippen LogP contribution < -0.4 is 5.32 Å². The van der Waals surface area contributed by atoms with Crippen LogP contribution in [-0.4, -0.2) is 22.2 Å². The van der Waals surface area contributed by atoms with Crippen molar-refractivity contribution in [2.24, 2.45) is 11.3 Å². The van der Waals surface area contributed by atoms with E-state index in [2.05, 4.69) is 19.2 Å². The van der Waals surface area contributed by atoms with Crippen LogP contribution in [0.5, 0.6) is 0 Å². The highest BCUT2D eigenvalue weighted by molar-refractivity contribution is 5.73. The van der Waals surface area contributed by atoms with Crippen molar-refractivity contribution in [3.8, 4) is 0 Å². The fraction of sp³-hybridized carbons (Fsp3) is 0.643. The molecule has 4 heteroatoms. The summed E-state index contributed by atoms with van der Waals surface area (Å²) in [5, 5.41) is 12.5. The van der Waals surface area contributed by atoms with Crippen LogP contribution in [0.2, 0.25) is 0 Å². The van der Waals surface area contributed by atoms with Crippen molar-refractivity contribution in [3.05, 3.63) is 24.0 Å². The molecule has 0 aliphatic carbocycles. The molecular formula is C14H24N2O2. The van der Waals surface area contributed by atoms with Gasteiger partial charge in [-0.1, -0.05) is 13.8 Å². The number of nitrogens with zero attached hydrogens (tertiary/aromatic N) is 1. The number of carbonyl (C=O) groups is 1. The number of aliphatic carboxylic acids is 1. The molecule has 1 aromatic heterocycles. The van der Waals surface area contributed by atoms with Gasteiger partial charge in [-0.05, 0) is 37.9 Å². The average Bonchev–Trinajstić information content (AvgIpc) is 2.64. The maximum absolute atomic E-state index is 11.1. The van der Waals surface area contributed by atoms with Crippen molar-refractivity contribution in [1.29, 1.82) is 0 Å². The molecule has 0 spiro atoms. The summed E-state index contributed by atoms with van der Waals surface area (Å²) in [6, 6.07) is 2.03. The molecular weight excluding hydrogens is 228 g/mol. The van der Waals surface area contributed by atoms with Crippen LogP contribution in [0.4, 0.5) is 0 Å². The first-order valence-electron chi connectivity index (χ1n) is 6.40. The van der Waals surface area contributed by atoms with E-state index >= 15 is 0 Å². The molecule has 1 aromatic rings. The van der Waals surface area contributed by atoms with Gasteiger partial charge in [-0.15, -0.1) is 0 Å². The molecule has 0 atom stereocenters. The van der Waals surface area contributed by atoms with E-state index in [-0.39, 0.29) is 0 Å². The highest BCUT2D eigenvalue weighted by atomic mass is 16.4. The van der Waals surface area contributed by atoms with E-state index in [0.29, 0.717) is 12.5 Å². The van der Waals surface area contributed by atoms with Crippen molar-refractivity contribution >= 4 is 5.97 Å². The Morgan fingerprint density at radius 3 is 2.72 bits per heavy atom. The summed E-state index contributed by atoms with van der Waals surface area (Å²) < 4.78 is 1.94. The minimum absolute atomic E-state index is 0.493. The molecule has 0 aromatic carbocycles. The molecule has 1 rings (SSSR count). The maximum Gasteiger partial charge on any atom is 0.310 e. The van der Waals surface area contributed by atoms with Gasteiger partial charge >= 0.3 is 5.97 Å². The largest absolute Gasteiger partial charge is 0.481 e. The molecule has 102 valence electrons. The van der Waals surface area contributed by atoms with Crippen LogP contribution in [0.3, 0.4) is 0 Å². The quantitative estimate of drug-likeness (QED) is 0.783. The second-order valence-electron chi connectivity index (χ2n) is 5.91.